The lowest BCUT2D eigenvalue weighted by molar-refractivity contribution is -0.388. The van der Waals surface area contributed by atoms with E-state index in [2.05, 4.69) is 0 Å². The van der Waals surface area contributed by atoms with E-state index in [1.54, 1.807) is 0 Å². The topological polar surface area (TPSA) is 80.5 Å². The van der Waals surface area contributed by atoms with E-state index in [1.165, 1.54) is 0 Å². The van der Waals surface area contributed by atoms with E-state index in [9.17, 15) is 32.9 Å². The normalized spacial score (nSPS) is 30.9. The van der Waals surface area contributed by atoms with Crippen molar-refractivity contribution < 1.29 is 27.7 Å². The van der Waals surface area contributed by atoms with Crippen molar-refractivity contribution in [2.45, 2.75) is 25.4 Å². The summed E-state index contributed by atoms with van der Waals surface area (Å²) in [5.41, 5.74) is -2.81. The molecule has 2 saturated carbocycles. The number of nitro benzene ring substituents is 1. The minimum atomic E-state index is -4.96. The van der Waals surface area contributed by atoms with Crippen LogP contribution in [0.25, 0.3) is 0 Å². The fraction of sp³-hybridized carbons (Fsp3) is 0.500. The van der Waals surface area contributed by atoms with Gasteiger partial charge in [-0.05, 0) is 43.2 Å². The van der Waals surface area contributed by atoms with Crippen LogP contribution in [-0.2, 0) is 15.8 Å². The summed E-state index contributed by atoms with van der Waals surface area (Å²) < 4.78 is 39.4. The fourth-order valence-corrected chi connectivity index (χ4v) is 4.71. The number of alkyl halides is 3. The number of fused-ring (bicyclic) bond motifs is 5. The maximum Gasteiger partial charge on any atom is 0.423 e. The third kappa shape index (κ3) is 2.17. The zero-order chi connectivity index (χ0) is 18.1. The van der Waals surface area contributed by atoms with E-state index in [-0.39, 0.29) is 17.5 Å². The molecule has 3 fully saturated rings. The van der Waals surface area contributed by atoms with Gasteiger partial charge in [-0.3, -0.25) is 24.6 Å². The first kappa shape index (κ1) is 16.0. The molecule has 1 aliphatic heterocycles. The Morgan fingerprint density at radius 1 is 1.08 bits per heavy atom. The van der Waals surface area contributed by atoms with Gasteiger partial charge in [0.1, 0.15) is 5.56 Å². The molecule has 4 atom stereocenters. The van der Waals surface area contributed by atoms with Crippen molar-refractivity contribution in [1.82, 2.24) is 0 Å². The number of hydrogen-bond acceptors (Lipinski definition) is 4. The predicted molar refractivity (Wildman–Crippen MR) is 78.4 cm³/mol. The van der Waals surface area contributed by atoms with Crippen LogP contribution in [0.3, 0.4) is 0 Å². The minimum Gasteiger partial charge on any atom is -0.274 e. The van der Waals surface area contributed by atoms with Crippen LogP contribution in [0, 0.1) is 33.8 Å². The number of amides is 2. The lowest BCUT2D eigenvalue weighted by Gasteiger charge is -2.19. The van der Waals surface area contributed by atoms with Crippen LogP contribution in [0.1, 0.15) is 24.8 Å². The minimum absolute atomic E-state index is 0.108. The summed E-state index contributed by atoms with van der Waals surface area (Å²) in [5.74, 6) is -1.67. The number of nitrogens with zero attached hydrogens (tertiary/aromatic N) is 2. The molecule has 4 unspecified atom stereocenters. The molecule has 3 aliphatic rings. The molecule has 2 amide bonds. The van der Waals surface area contributed by atoms with Crippen LogP contribution in [0.5, 0.6) is 0 Å². The first-order valence-electron chi connectivity index (χ1n) is 7.93. The van der Waals surface area contributed by atoms with Crippen LogP contribution < -0.4 is 4.90 Å². The molecule has 1 aromatic carbocycles. The highest BCUT2D eigenvalue weighted by Gasteiger charge is 2.61. The lowest BCUT2D eigenvalue weighted by Crippen LogP contribution is -2.33. The van der Waals surface area contributed by atoms with Crippen molar-refractivity contribution in [1.29, 1.82) is 0 Å². The standard InChI is InChI=1S/C16H13F3N2O4/c17-16(18,19)10-6-9(3-4-11(10)21(24)25)20-14(22)12-7-1-2-8(5-7)13(12)15(20)23/h3-4,6-8,12-13H,1-2,5H2. The molecule has 1 aromatic rings. The van der Waals surface area contributed by atoms with E-state index >= 15 is 0 Å². The van der Waals surface area contributed by atoms with Gasteiger partial charge in [0.2, 0.25) is 11.8 Å². The van der Waals surface area contributed by atoms with E-state index in [1.807, 2.05) is 0 Å². The Labute approximate surface area is 139 Å². The van der Waals surface area contributed by atoms with Crippen LogP contribution in [0.15, 0.2) is 18.2 Å². The third-order valence-electron chi connectivity index (χ3n) is 5.67. The van der Waals surface area contributed by atoms with Gasteiger partial charge in [-0.25, -0.2) is 0 Å². The molecular formula is C16H13F3N2O4. The highest BCUT2D eigenvalue weighted by Crippen LogP contribution is 2.56. The highest BCUT2D eigenvalue weighted by molar-refractivity contribution is 6.22. The van der Waals surface area contributed by atoms with Crippen molar-refractivity contribution in [2.24, 2.45) is 23.7 Å². The fourth-order valence-electron chi connectivity index (χ4n) is 4.71. The van der Waals surface area contributed by atoms with Gasteiger partial charge in [0.15, 0.2) is 0 Å². The smallest absolute Gasteiger partial charge is 0.274 e. The van der Waals surface area contributed by atoms with E-state index in [4.69, 9.17) is 0 Å². The number of benzene rings is 1. The van der Waals surface area contributed by atoms with Crippen molar-refractivity contribution in [3.63, 3.8) is 0 Å². The zero-order valence-electron chi connectivity index (χ0n) is 12.8. The molecule has 2 bridgehead atoms. The number of nitro groups is 1. The van der Waals surface area contributed by atoms with Gasteiger partial charge in [-0.15, -0.1) is 0 Å². The van der Waals surface area contributed by atoms with Gasteiger partial charge < -0.3 is 0 Å². The maximum absolute atomic E-state index is 13.1. The Balaban J connectivity index is 1.77. The van der Waals surface area contributed by atoms with Gasteiger partial charge in [0.05, 0.1) is 22.4 Å². The quantitative estimate of drug-likeness (QED) is 0.464. The predicted octanol–water partition coefficient (Wildman–Crippen LogP) is 3.15. The van der Waals surface area contributed by atoms with E-state index in [0.717, 1.165) is 30.2 Å². The van der Waals surface area contributed by atoms with Crippen LogP contribution in [0.4, 0.5) is 24.5 Å². The Morgan fingerprint density at radius 3 is 2.12 bits per heavy atom. The summed E-state index contributed by atoms with van der Waals surface area (Å²) in [4.78, 5) is 35.8. The number of carbonyl (C=O) groups is 2. The number of rotatable bonds is 2. The summed E-state index contributed by atoms with van der Waals surface area (Å²) in [6.45, 7) is 0. The summed E-state index contributed by atoms with van der Waals surface area (Å²) in [7, 11) is 0. The molecule has 6 nitrogen and oxygen atoms in total. The number of carbonyl (C=O) groups excluding carboxylic acids is 2. The number of imide groups is 1. The molecule has 2 aliphatic carbocycles. The van der Waals surface area contributed by atoms with Crippen LogP contribution in [0.2, 0.25) is 0 Å². The Kier molecular flexibility index (Phi) is 3.23. The van der Waals surface area contributed by atoms with Crippen molar-refractivity contribution in [3.8, 4) is 0 Å². The first-order chi connectivity index (χ1) is 11.7. The summed E-state index contributed by atoms with van der Waals surface area (Å²) in [6.07, 6.45) is -2.44. The van der Waals surface area contributed by atoms with Gasteiger partial charge in [0, 0.05) is 6.07 Å². The number of halogens is 3. The van der Waals surface area contributed by atoms with E-state index in [0.29, 0.717) is 12.1 Å². The molecule has 1 heterocycles. The monoisotopic (exact) mass is 354 g/mol. The maximum atomic E-state index is 13.1. The molecule has 25 heavy (non-hydrogen) atoms. The molecule has 0 radical (unpaired) electrons. The average Bonchev–Trinajstić information content (AvgIpc) is 3.20. The highest BCUT2D eigenvalue weighted by atomic mass is 19.4. The van der Waals surface area contributed by atoms with Gasteiger partial charge in [-0.2, -0.15) is 13.2 Å². The number of hydrogen-bond donors (Lipinski definition) is 0. The molecule has 0 N–H and O–H groups in total. The Hall–Kier alpha value is -2.45. The molecule has 1 saturated heterocycles. The van der Waals surface area contributed by atoms with Crippen LogP contribution in [-0.4, -0.2) is 16.7 Å². The lowest BCUT2D eigenvalue weighted by atomic mass is 9.81. The zero-order valence-corrected chi connectivity index (χ0v) is 12.8. The molecule has 132 valence electrons. The third-order valence-corrected chi connectivity index (χ3v) is 5.67. The van der Waals surface area contributed by atoms with E-state index < -0.39 is 46.0 Å². The number of anilines is 1. The second-order valence-electron chi connectivity index (χ2n) is 6.85. The molecular weight excluding hydrogens is 341 g/mol. The summed E-state index contributed by atoms with van der Waals surface area (Å²) in [5, 5.41) is 10.8. The first-order valence-corrected chi connectivity index (χ1v) is 7.93. The summed E-state index contributed by atoms with van der Waals surface area (Å²) in [6, 6.07) is 2.25. The second kappa shape index (κ2) is 5.03. The summed E-state index contributed by atoms with van der Waals surface area (Å²) >= 11 is 0. The Bertz CT molecular complexity index is 779. The van der Waals surface area contributed by atoms with Gasteiger partial charge >= 0.3 is 6.18 Å². The Morgan fingerprint density at radius 2 is 1.64 bits per heavy atom. The molecule has 9 heteroatoms. The largest absolute Gasteiger partial charge is 0.423 e. The van der Waals surface area contributed by atoms with Crippen molar-refractivity contribution in [3.05, 3.63) is 33.9 Å². The van der Waals surface area contributed by atoms with Gasteiger partial charge in [0.25, 0.3) is 5.69 Å². The van der Waals surface area contributed by atoms with Gasteiger partial charge in [-0.1, -0.05) is 0 Å². The van der Waals surface area contributed by atoms with Crippen molar-refractivity contribution in [2.75, 3.05) is 4.90 Å². The second-order valence-corrected chi connectivity index (χ2v) is 6.85. The SMILES string of the molecule is O=C1C2C3CCC(C3)C2C(=O)N1c1ccc([N+](=O)[O-])c(C(F)(F)F)c1. The van der Waals surface area contributed by atoms with Crippen LogP contribution >= 0.6 is 0 Å². The molecule has 0 aromatic heterocycles. The average molecular weight is 354 g/mol. The molecule has 4 rings (SSSR count). The van der Waals surface area contributed by atoms with Crippen molar-refractivity contribution >= 4 is 23.2 Å². The molecule has 0 spiro atoms.